The normalized spacial score (nSPS) is 11.0. The monoisotopic (exact) mass is 452 g/mol. The van der Waals surface area contributed by atoms with Crippen LogP contribution in [-0.4, -0.2) is 36.0 Å². The fourth-order valence-electron chi connectivity index (χ4n) is 3.20. The van der Waals surface area contributed by atoms with Gasteiger partial charge in [-0.3, -0.25) is 9.78 Å². The Morgan fingerprint density at radius 1 is 1.12 bits per heavy atom. The van der Waals surface area contributed by atoms with Gasteiger partial charge in [-0.15, -0.1) is 11.3 Å². The highest BCUT2D eigenvalue weighted by molar-refractivity contribution is 7.17. The zero-order valence-corrected chi connectivity index (χ0v) is 19.0. The van der Waals surface area contributed by atoms with E-state index in [4.69, 9.17) is 9.47 Å². The highest BCUT2D eigenvalue weighted by Crippen LogP contribution is 2.34. The lowest BCUT2D eigenvalue weighted by Gasteiger charge is -2.07. The number of thiophene rings is 1. The number of pyridine rings is 1. The Kier molecular flexibility index (Phi) is 7.72. The Labute approximate surface area is 190 Å². The topological polar surface area (TPSA) is 94.6 Å². The van der Waals surface area contributed by atoms with E-state index < -0.39 is 24.5 Å². The number of benzene rings is 1. The standard InChI is InChI=1S/C24H24N2O5S/c1-4-18-15(3)21(24(29)30-5-2)23(32-18)26-19(27)14-31-20(28)12-11-17-9-6-8-16-10-7-13-25-22(16)17/h6-13H,4-5,14H2,1-3H3,(H,26,27)/b12-11+. The van der Waals surface area contributed by atoms with Crippen molar-refractivity contribution in [2.75, 3.05) is 18.5 Å². The van der Waals surface area contributed by atoms with E-state index in [0.717, 1.165) is 33.3 Å². The zero-order chi connectivity index (χ0) is 23.1. The predicted octanol–water partition coefficient (Wildman–Crippen LogP) is 4.54. The van der Waals surface area contributed by atoms with E-state index in [0.29, 0.717) is 10.6 Å². The summed E-state index contributed by atoms with van der Waals surface area (Å²) >= 11 is 1.32. The van der Waals surface area contributed by atoms with Gasteiger partial charge in [-0.1, -0.05) is 31.2 Å². The molecule has 0 spiro atoms. The molecule has 0 unspecified atom stereocenters. The maximum Gasteiger partial charge on any atom is 0.341 e. The van der Waals surface area contributed by atoms with E-state index in [1.165, 1.54) is 17.4 Å². The molecule has 1 aromatic carbocycles. The van der Waals surface area contributed by atoms with Crippen LogP contribution in [0.15, 0.2) is 42.6 Å². The Morgan fingerprint density at radius 2 is 1.91 bits per heavy atom. The van der Waals surface area contributed by atoms with Gasteiger partial charge in [-0.25, -0.2) is 9.59 Å². The van der Waals surface area contributed by atoms with Crippen molar-refractivity contribution in [2.24, 2.45) is 0 Å². The average Bonchev–Trinajstić information content (AvgIpc) is 3.11. The van der Waals surface area contributed by atoms with Crippen LogP contribution in [0.25, 0.3) is 17.0 Å². The molecule has 1 amide bonds. The molecule has 1 N–H and O–H groups in total. The molecular weight excluding hydrogens is 428 g/mol. The van der Waals surface area contributed by atoms with Gasteiger partial charge in [0.15, 0.2) is 6.61 Å². The molecule has 3 aromatic rings. The number of aromatic nitrogens is 1. The number of carbonyl (C=O) groups excluding carboxylic acids is 3. The van der Waals surface area contributed by atoms with Gasteiger partial charge in [0.05, 0.1) is 17.7 Å². The smallest absolute Gasteiger partial charge is 0.341 e. The summed E-state index contributed by atoms with van der Waals surface area (Å²) in [6, 6.07) is 9.42. The summed E-state index contributed by atoms with van der Waals surface area (Å²) in [4.78, 5) is 42.0. The maximum atomic E-state index is 12.3. The van der Waals surface area contributed by atoms with Crippen LogP contribution in [0, 0.1) is 6.92 Å². The van der Waals surface area contributed by atoms with E-state index >= 15 is 0 Å². The molecule has 3 rings (SSSR count). The lowest BCUT2D eigenvalue weighted by molar-refractivity contribution is -0.142. The van der Waals surface area contributed by atoms with Gasteiger partial charge in [0.2, 0.25) is 0 Å². The average molecular weight is 453 g/mol. The van der Waals surface area contributed by atoms with Crippen molar-refractivity contribution in [1.82, 2.24) is 4.98 Å². The number of hydrogen-bond donors (Lipinski definition) is 1. The van der Waals surface area contributed by atoms with Crippen molar-refractivity contribution in [1.29, 1.82) is 0 Å². The number of esters is 2. The van der Waals surface area contributed by atoms with Crippen LogP contribution in [0.2, 0.25) is 0 Å². The van der Waals surface area contributed by atoms with E-state index in [1.54, 1.807) is 19.2 Å². The molecule has 0 atom stereocenters. The van der Waals surface area contributed by atoms with Crippen LogP contribution in [0.4, 0.5) is 5.00 Å². The van der Waals surface area contributed by atoms with Crippen molar-refractivity contribution in [3.8, 4) is 0 Å². The summed E-state index contributed by atoms with van der Waals surface area (Å²) in [6.45, 7) is 5.28. The molecule has 8 heteroatoms. The molecule has 166 valence electrons. The van der Waals surface area contributed by atoms with Gasteiger partial charge in [0.25, 0.3) is 5.91 Å². The molecule has 0 radical (unpaired) electrons. The molecule has 0 aliphatic heterocycles. The van der Waals surface area contributed by atoms with Gasteiger partial charge in [-0.2, -0.15) is 0 Å². The second-order valence-electron chi connectivity index (χ2n) is 6.84. The first kappa shape index (κ1) is 23.1. The lowest BCUT2D eigenvalue weighted by Crippen LogP contribution is -2.21. The molecule has 7 nitrogen and oxygen atoms in total. The Hall–Kier alpha value is -3.52. The number of fused-ring (bicyclic) bond motifs is 1. The molecule has 0 bridgehead atoms. The van der Waals surface area contributed by atoms with E-state index in [9.17, 15) is 14.4 Å². The van der Waals surface area contributed by atoms with E-state index in [1.807, 2.05) is 44.2 Å². The number of rotatable bonds is 8. The molecule has 0 aliphatic carbocycles. The number of hydrogen-bond acceptors (Lipinski definition) is 7. The second-order valence-corrected chi connectivity index (χ2v) is 7.95. The highest BCUT2D eigenvalue weighted by Gasteiger charge is 2.23. The number of aryl methyl sites for hydroxylation is 1. The van der Waals surface area contributed by atoms with Crippen molar-refractivity contribution < 1.29 is 23.9 Å². The molecular formula is C24H24N2O5S. The summed E-state index contributed by atoms with van der Waals surface area (Å²) in [6.07, 6.45) is 5.26. The van der Waals surface area contributed by atoms with Crippen molar-refractivity contribution >= 4 is 51.2 Å². The number of amides is 1. The summed E-state index contributed by atoms with van der Waals surface area (Å²) in [5.74, 6) is -1.68. The number of nitrogens with zero attached hydrogens (tertiary/aromatic N) is 1. The Morgan fingerprint density at radius 3 is 2.66 bits per heavy atom. The van der Waals surface area contributed by atoms with Crippen LogP contribution in [0.1, 0.15) is 40.2 Å². The number of carbonyl (C=O) groups is 3. The molecule has 2 heterocycles. The van der Waals surface area contributed by atoms with E-state index in [2.05, 4.69) is 10.3 Å². The molecule has 2 aromatic heterocycles. The molecule has 32 heavy (non-hydrogen) atoms. The fraction of sp³-hybridized carbons (Fsp3) is 0.250. The molecule has 0 saturated carbocycles. The summed E-state index contributed by atoms with van der Waals surface area (Å²) in [5.41, 5.74) is 2.67. The first-order valence-electron chi connectivity index (χ1n) is 10.2. The predicted molar refractivity (Wildman–Crippen MR) is 125 cm³/mol. The highest BCUT2D eigenvalue weighted by atomic mass is 32.1. The first-order valence-corrected chi connectivity index (χ1v) is 11.0. The Bertz CT molecular complexity index is 1180. The number of para-hydroxylation sites is 1. The van der Waals surface area contributed by atoms with Gasteiger partial charge in [0, 0.05) is 28.1 Å². The van der Waals surface area contributed by atoms with Crippen molar-refractivity contribution in [3.05, 3.63) is 64.2 Å². The summed E-state index contributed by atoms with van der Waals surface area (Å²) in [7, 11) is 0. The molecule has 0 fully saturated rings. The third-order valence-corrected chi connectivity index (χ3v) is 6.06. The van der Waals surface area contributed by atoms with E-state index in [-0.39, 0.29) is 6.61 Å². The maximum absolute atomic E-state index is 12.3. The molecule has 0 saturated heterocycles. The molecule has 0 aliphatic rings. The second kappa shape index (κ2) is 10.7. The quantitative estimate of drug-likeness (QED) is 0.398. The third-order valence-electron chi connectivity index (χ3n) is 4.71. The minimum absolute atomic E-state index is 0.235. The largest absolute Gasteiger partial charge is 0.462 e. The van der Waals surface area contributed by atoms with Gasteiger partial charge in [0.1, 0.15) is 5.00 Å². The lowest BCUT2D eigenvalue weighted by atomic mass is 10.1. The Balaban J connectivity index is 1.63. The minimum Gasteiger partial charge on any atom is -0.462 e. The number of anilines is 1. The fourth-order valence-corrected chi connectivity index (χ4v) is 4.35. The number of ether oxygens (including phenoxy) is 2. The third kappa shape index (κ3) is 5.39. The van der Waals surface area contributed by atoms with Gasteiger partial charge in [-0.05, 0) is 38.0 Å². The van der Waals surface area contributed by atoms with Crippen LogP contribution in [0.5, 0.6) is 0 Å². The van der Waals surface area contributed by atoms with Gasteiger partial charge < -0.3 is 14.8 Å². The minimum atomic E-state index is -0.657. The van der Waals surface area contributed by atoms with Crippen LogP contribution in [0.3, 0.4) is 0 Å². The van der Waals surface area contributed by atoms with Crippen LogP contribution >= 0.6 is 11.3 Å². The number of nitrogens with one attached hydrogen (secondary N) is 1. The van der Waals surface area contributed by atoms with Crippen LogP contribution < -0.4 is 5.32 Å². The van der Waals surface area contributed by atoms with Crippen molar-refractivity contribution in [3.63, 3.8) is 0 Å². The SMILES string of the molecule is CCOC(=O)c1c(NC(=O)COC(=O)/C=C/c2cccc3cccnc23)sc(CC)c1C. The summed E-state index contributed by atoms with van der Waals surface area (Å²) in [5, 5.41) is 4.02. The zero-order valence-electron chi connectivity index (χ0n) is 18.1. The first-order chi connectivity index (χ1) is 15.4. The summed E-state index contributed by atoms with van der Waals surface area (Å²) < 4.78 is 10.2. The van der Waals surface area contributed by atoms with Crippen molar-refractivity contribution in [2.45, 2.75) is 27.2 Å². The van der Waals surface area contributed by atoms with Crippen LogP contribution in [-0.2, 0) is 25.5 Å². The van der Waals surface area contributed by atoms with Gasteiger partial charge >= 0.3 is 11.9 Å².